The van der Waals surface area contributed by atoms with Crippen molar-refractivity contribution >= 4 is 69.8 Å². The van der Waals surface area contributed by atoms with Gasteiger partial charge in [0.1, 0.15) is 0 Å². The highest BCUT2D eigenvalue weighted by molar-refractivity contribution is 9.10. The van der Waals surface area contributed by atoms with Gasteiger partial charge in [-0.25, -0.2) is 0 Å². The smallest absolute Gasteiger partial charge is 0.0577 e. The first-order valence-electron chi connectivity index (χ1n) is 8.00. The third-order valence-electron chi connectivity index (χ3n) is 4.60. The number of hydrogen-bond acceptors (Lipinski definition) is 1. The molecule has 3 heteroatoms. The van der Waals surface area contributed by atoms with Crippen molar-refractivity contribution in [1.82, 2.24) is 0 Å². The Hall–Kier alpha value is -1.87. The molecule has 120 valence electrons. The Bertz CT molecular complexity index is 1250. The maximum Gasteiger partial charge on any atom is 0.0577 e. The summed E-state index contributed by atoms with van der Waals surface area (Å²) < 4.78 is 3.61. The molecule has 0 saturated heterocycles. The molecular formula is C22H12BrClS. The van der Waals surface area contributed by atoms with Gasteiger partial charge in [-0.1, -0.05) is 76.1 Å². The molecule has 0 spiro atoms. The number of thiophene rings is 1. The maximum absolute atomic E-state index is 6.77. The minimum atomic E-state index is 0.857. The standard InChI is InChI=1S/C22H12BrClS/c23-16-8-5-13(6-9-16)14-7-10-18-19(11-14)25-20-12-15-3-1-2-4-17(15)22(24)21(18)20/h1-12H. The second-order valence-corrected chi connectivity index (χ2v) is 8.48. The van der Waals surface area contributed by atoms with E-state index in [9.17, 15) is 0 Å². The SMILES string of the molecule is Clc1c2ccccc2cc2sc3cc(-c4ccc(Br)cc4)ccc3c12. The van der Waals surface area contributed by atoms with Crippen molar-refractivity contribution in [3.05, 3.63) is 82.3 Å². The molecule has 0 aliphatic rings. The van der Waals surface area contributed by atoms with E-state index in [0.29, 0.717) is 0 Å². The normalized spacial score (nSPS) is 11.6. The summed E-state index contributed by atoms with van der Waals surface area (Å²) in [4.78, 5) is 0. The van der Waals surface area contributed by atoms with Crippen LogP contribution in [0.2, 0.25) is 5.02 Å². The van der Waals surface area contributed by atoms with Crippen molar-refractivity contribution in [2.45, 2.75) is 0 Å². The van der Waals surface area contributed by atoms with Crippen LogP contribution in [0.1, 0.15) is 0 Å². The molecule has 0 aliphatic carbocycles. The number of rotatable bonds is 1. The highest BCUT2D eigenvalue weighted by Gasteiger charge is 2.12. The third kappa shape index (κ3) is 2.48. The number of fused-ring (bicyclic) bond motifs is 4. The van der Waals surface area contributed by atoms with Crippen molar-refractivity contribution in [3.63, 3.8) is 0 Å². The summed E-state index contributed by atoms with van der Waals surface area (Å²) in [5.41, 5.74) is 2.45. The van der Waals surface area contributed by atoms with Crippen LogP contribution in [0.5, 0.6) is 0 Å². The van der Waals surface area contributed by atoms with Crippen molar-refractivity contribution in [3.8, 4) is 11.1 Å². The highest BCUT2D eigenvalue weighted by Crippen LogP contribution is 2.43. The highest BCUT2D eigenvalue weighted by atomic mass is 79.9. The zero-order valence-electron chi connectivity index (χ0n) is 13.1. The lowest BCUT2D eigenvalue weighted by molar-refractivity contribution is 1.62. The fraction of sp³-hybridized carbons (Fsp3) is 0. The van der Waals surface area contributed by atoms with Crippen molar-refractivity contribution in [2.24, 2.45) is 0 Å². The number of halogens is 2. The Morgan fingerprint density at radius 3 is 2.32 bits per heavy atom. The Balaban J connectivity index is 1.80. The van der Waals surface area contributed by atoms with E-state index in [-0.39, 0.29) is 0 Å². The van der Waals surface area contributed by atoms with Crippen LogP contribution in [0.3, 0.4) is 0 Å². The fourth-order valence-electron chi connectivity index (χ4n) is 3.36. The van der Waals surface area contributed by atoms with Gasteiger partial charge in [-0.15, -0.1) is 11.3 Å². The van der Waals surface area contributed by atoms with Crippen LogP contribution in [0.25, 0.3) is 42.1 Å². The van der Waals surface area contributed by atoms with Crippen molar-refractivity contribution in [2.75, 3.05) is 0 Å². The van der Waals surface area contributed by atoms with E-state index >= 15 is 0 Å². The van der Waals surface area contributed by atoms with Gasteiger partial charge in [0.25, 0.3) is 0 Å². The van der Waals surface area contributed by atoms with Gasteiger partial charge in [0, 0.05) is 30.0 Å². The molecule has 0 bridgehead atoms. The molecule has 0 unspecified atom stereocenters. The lowest BCUT2D eigenvalue weighted by atomic mass is 10.0. The summed E-state index contributed by atoms with van der Waals surface area (Å²) in [6, 6.07) is 25.7. The molecule has 0 fully saturated rings. The zero-order valence-corrected chi connectivity index (χ0v) is 16.3. The van der Waals surface area contributed by atoms with Crippen LogP contribution in [0, 0.1) is 0 Å². The van der Waals surface area contributed by atoms with Gasteiger partial charge in [0.15, 0.2) is 0 Å². The van der Waals surface area contributed by atoms with E-state index in [4.69, 9.17) is 11.6 Å². The lowest BCUT2D eigenvalue weighted by Gasteiger charge is -2.04. The van der Waals surface area contributed by atoms with Crippen molar-refractivity contribution < 1.29 is 0 Å². The molecule has 1 aromatic heterocycles. The Morgan fingerprint density at radius 1 is 0.720 bits per heavy atom. The van der Waals surface area contributed by atoms with Crippen LogP contribution < -0.4 is 0 Å². The predicted molar refractivity (Wildman–Crippen MR) is 115 cm³/mol. The monoisotopic (exact) mass is 422 g/mol. The molecule has 0 aliphatic heterocycles. The van der Waals surface area contributed by atoms with E-state index in [2.05, 4.69) is 82.7 Å². The molecule has 5 rings (SSSR count). The van der Waals surface area contributed by atoms with Gasteiger partial charge < -0.3 is 0 Å². The molecule has 4 aromatic carbocycles. The second kappa shape index (κ2) is 5.84. The fourth-order valence-corrected chi connectivity index (χ4v) is 5.26. The zero-order chi connectivity index (χ0) is 17.0. The predicted octanol–water partition coefficient (Wildman–Crippen LogP) is 8.29. The lowest BCUT2D eigenvalue weighted by Crippen LogP contribution is -1.78. The maximum atomic E-state index is 6.77. The topological polar surface area (TPSA) is 0 Å². The Kier molecular flexibility index (Phi) is 3.60. The van der Waals surface area contributed by atoms with Crippen LogP contribution in [0.15, 0.2) is 77.3 Å². The summed E-state index contributed by atoms with van der Waals surface area (Å²) in [7, 11) is 0. The van der Waals surface area contributed by atoms with Crippen LogP contribution in [-0.4, -0.2) is 0 Å². The minimum absolute atomic E-state index is 0.857. The van der Waals surface area contributed by atoms with Crippen LogP contribution >= 0.6 is 38.9 Å². The summed E-state index contributed by atoms with van der Waals surface area (Å²) >= 11 is 12.1. The molecule has 0 atom stereocenters. The van der Waals surface area contributed by atoms with Crippen LogP contribution in [0.4, 0.5) is 0 Å². The summed E-state index contributed by atoms with van der Waals surface area (Å²) in [6.07, 6.45) is 0. The molecule has 25 heavy (non-hydrogen) atoms. The quantitative estimate of drug-likeness (QED) is 0.254. The molecule has 0 N–H and O–H groups in total. The first-order chi connectivity index (χ1) is 12.2. The van der Waals surface area contributed by atoms with Crippen molar-refractivity contribution in [1.29, 1.82) is 0 Å². The average Bonchev–Trinajstić information content (AvgIpc) is 3.00. The molecule has 0 radical (unpaired) electrons. The average molecular weight is 424 g/mol. The summed E-state index contributed by atoms with van der Waals surface area (Å²) in [5.74, 6) is 0. The van der Waals surface area contributed by atoms with Gasteiger partial charge in [-0.2, -0.15) is 0 Å². The molecule has 0 amide bonds. The Labute approximate surface area is 162 Å². The Morgan fingerprint density at radius 2 is 1.48 bits per heavy atom. The largest absolute Gasteiger partial charge is 0.135 e. The van der Waals surface area contributed by atoms with Gasteiger partial charge >= 0.3 is 0 Å². The second-order valence-electron chi connectivity index (χ2n) is 6.10. The van der Waals surface area contributed by atoms with E-state index in [1.807, 2.05) is 17.4 Å². The summed E-state index contributed by atoms with van der Waals surface area (Å²) in [5, 5.41) is 5.57. The van der Waals surface area contributed by atoms with Gasteiger partial charge in [-0.3, -0.25) is 0 Å². The third-order valence-corrected chi connectivity index (χ3v) is 6.62. The molecule has 0 saturated carbocycles. The first kappa shape index (κ1) is 15.4. The minimum Gasteiger partial charge on any atom is -0.135 e. The van der Waals surface area contributed by atoms with E-state index in [1.54, 1.807) is 0 Å². The van der Waals surface area contributed by atoms with Gasteiger partial charge in [-0.05, 0) is 40.8 Å². The van der Waals surface area contributed by atoms with E-state index < -0.39 is 0 Å². The number of hydrogen-bond donors (Lipinski definition) is 0. The molecule has 5 aromatic rings. The van der Waals surface area contributed by atoms with E-state index in [1.165, 1.54) is 36.7 Å². The van der Waals surface area contributed by atoms with Gasteiger partial charge in [0.05, 0.1) is 5.02 Å². The first-order valence-corrected chi connectivity index (χ1v) is 9.99. The summed E-state index contributed by atoms with van der Waals surface area (Å²) in [6.45, 7) is 0. The van der Waals surface area contributed by atoms with Gasteiger partial charge in [0.2, 0.25) is 0 Å². The molecule has 1 heterocycles. The number of benzene rings is 4. The van der Waals surface area contributed by atoms with Crippen LogP contribution in [-0.2, 0) is 0 Å². The van der Waals surface area contributed by atoms with E-state index in [0.717, 1.165) is 14.9 Å². The molecular weight excluding hydrogens is 412 g/mol. The molecule has 0 nitrogen and oxygen atoms in total.